The molecule has 2 aromatic rings. The van der Waals surface area contributed by atoms with E-state index in [4.69, 9.17) is 0 Å². The second kappa shape index (κ2) is 14.3. The highest BCUT2D eigenvalue weighted by Gasteiger charge is 2.52. The summed E-state index contributed by atoms with van der Waals surface area (Å²) in [6.45, 7) is 2.23. The van der Waals surface area contributed by atoms with Gasteiger partial charge in [-0.15, -0.1) is 0 Å². The number of rotatable bonds is 13. The Labute approximate surface area is 232 Å². The van der Waals surface area contributed by atoms with Crippen molar-refractivity contribution in [3.8, 4) is 6.07 Å². The lowest BCUT2D eigenvalue weighted by Gasteiger charge is -2.40. The van der Waals surface area contributed by atoms with Gasteiger partial charge < -0.3 is 15.6 Å². The number of aliphatic hydroxyl groups excluding tert-OH is 2. The van der Waals surface area contributed by atoms with Gasteiger partial charge in [-0.05, 0) is 49.2 Å². The number of hydrogen-bond donors (Lipinski definition) is 3. The number of anilines is 2. The number of nitriles is 1. The molecule has 0 radical (unpaired) electrons. The second-order valence-electron chi connectivity index (χ2n) is 10.7. The van der Waals surface area contributed by atoms with E-state index >= 15 is 0 Å². The Morgan fingerprint density at radius 2 is 1.67 bits per heavy atom. The number of para-hydroxylation sites is 1. The van der Waals surface area contributed by atoms with E-state index in [1.807, 2.05) is 59.6 Å². The number of aliphatic hydroxyl groups is 2. The van der Waals surface area contributed by atoms with Crippen LogP contribution in [0.2, 0.25) is 0 Å². The summed E-state index contributed by atoms with van der Waals surface area (Å²) in [6.07, 6.45) is 12.9. The largest absolute Gasteiger partial charge is 0.391 e. The Balaban J connectivity index is 1.52. The van der Waals surface area contributed by atoms with Crippen molar-refractivity contribution in [3.63, 3.8) is 0 Å². The number of carbonyl (C=O) groups is 1. The zero-order valence-corrected chi connectivity index (χ0v) is 23.0. The normalized spacial score (nSPS) is 23.7. The molecule has 2 heterocycles. The number of unbranched alkanes of at least 4 members (excludes halogenated alkanes) is 7. The summed E-state index contributed by atoms with van der Waals surface area (Å²) in [5, 5.41) is 34.1. The van der Waals surface area contributed by atoms with Gasteiger partial charge in [0.1, 0.15) is 0 Å². The topological polar surface area (TPSA) is 99.8 Å². The van der Waals surface area contributed by atoms with Crippen LogP contribution in [0.4, 0.5) is 11.4 Å². The van der Waals surface area contributed by atoms with Gasteiger partial charge in [-0.1, -0.05) is 88.6 Å². The smallest absolute Gasteiger partial charge is 0.237 e. The Hall–Kier alpha value is -3.18. The third-order valence-corrected chi connectivity index (χ3v) is 7.96. The quantitative estimate of drug-likeness (QED) is 0.225. The van der Waals surface area contributed by atoms with Crippen LogP contribution < -0.4 is 10.3 Å². The van der Waals surface area contributed by atoms with Crippen LogP contribution in [0, 0.1) is 17.2 Å². The first-order valence-electron chi connectivity index (χ1n) is 14.5. The average Bonchev–Trinajstić information content (AvgIpc) is 3.08. The average molecular weight is 531 g/mol. The molecule has 2 aromatic carbocycles. The standard InChI is InChI=1S/C32H42N4O3/c1-2-3-4-5-6-7-8-12-18-29(37)28-17-13-16-27-30(36(28)34-25-21-19-24(23-33)20-22-25)32(39)35(31(27)38)26-14-10-9-11-15-26/h9-11,13-16,19-22,27-30,32,34,37,39H,2-8,12,17-18H2,1H3. The maximum absolute atomic E-state index is 13.6. The summed E-state index contributed by atoms with van der Waals surface area (Å²) in [5.74, 6) is -0.730. The predicted octanol–water partition coefficient (Wildman–Crippen LogP) is 5.76. The molecule has 0 saturated carbocycles. The Kier molecular flexibility index (Phi) is 10.5. The van der Waals surface area contributed by atoms with Gasteiger partial charge in [0.2, 0.25) is 5.91 Å². The van der Waals surface area contributed by atoms with Gasteiger partial charge >= 0.3 is 0 Å². The van der Waals surface area contributed by atoms with E-state index < -0.39 is 24.3 Å². The van der Waals surface area contributed by atoms with Crippen LogP contribution in [-0.4, -0.2) is 45.5 Å². The number of hydrazine groups is 1. The molecule has 2 aliphatic heterocycles. The van der Waals surface area contributed by atoms with E-state index in [0.29, 0.717) is 24.1 Å². The molecule has 0 spiro atoms. The Bertz CT molecular complexity index is 1110. The molecule has 2 aliphatic rings. The van der Waals surface area contributed by atoms with Gasteiger partial charge in [-0.2, -0.15) is 5.26 Å². The molecule has 0 bridgehead atoms. The van der Waals surface area contributed by atoms with Gasteiger partial charge in [-0.25, -0.2) is 5.01 Å². The van der Waals surface area contributed by atoms with Crippen molar-refractivity contribution in [2.45, 2.75) is 95.5 Å². The lowest BCUT2D eigenvalue weighted by molar-refractivity contribution is -0.120. The SMILES string of the molecule is CCCCCCCCCCC(O)C1CC=CC2C(=O)N(c3ccccc3)C(O)C2N1Nc1ccc(C#N)cc1. The van der Waals surface area contributed by atoms with Gasteiger partial charge in [0.15, 0.2) is 6.23 Å². The van der Waals surface area contributed by atoms with Gasteiger partial charge in [0.05, 0.1) is 35.7 Å². The number of nitrogens with one attached hydrogen (secondary N) is 1. The minimum Gasteiger partial charge on any atom is -0.391 e. The van der Waals surface area contributed by atoms with Crippen LogP contribution >= 0.6 is 0 Å². The highest BCUT2D eigenvalue weighted by Crippen LogP contribution is 2.37. The molecule has 4 rings (SSSR count). The zero-order chi connectivity index (χ0) is 27.6. The molecule has 0 aliphatic carbocycles. The molecule has 1 saturated heterocycles. The number of fused-ring (bicyclic) bond motifs is 1. The predicted molar refractivity (Wildman–Crippen MR) is 155 cm³/mol. The molecular weight excluding hydrogens is 488 g/mol. The van der Waals surface area contributed by atoms with E-state index in [1.165, 1.54) is 43.4 Å². The number of hydrogen-bond acceptors (Lipinski definition) is 6. The first kappa shape index (κ1) is 28.8. The van der Waals surface area contributed by atoms with Crippen LogP contribution in [0.5, 0.6) is 0 Å². The van der Waals surface area contributed by atoms with Crippen LogP contribution in [0.15, 0.2) is 66.7 Å². The van der Waals surface area contributed by atoms with Crippen molar-refractivity contribution in [2.75, 3.05) is 10.3 Å². The van der Waals surface area contributed by atoms with E-state index in [-0.39, 0.29) is 11.9 Å². The van der Waals surface area contributed by atoms with Crippen LogP contribution in [-0.2, 0) is 4.79 Å². The monoisotopic (exact) mass is 530 g/mol. The Morgan fingerprint density at radius 1 is 1.00 bits per heavy atom. The molecule has 5 unspecified atom stereocenters. The van der Waals surface area contributed by atoms with Gasteiger partial charge in [0, 0.05) is 11.4 Å². The summed E-state index contributed by atoms with van der Waals surface area (Å²) in [6, 6.07) is 17.5. The number of nitrogens with zero attached hydrogens (tertiary/aromatic N) is 3. The third kappa shape index (κ3) is 7.07. The first-order valence-corrected chi connectivity index (χ1v) is 14.5. The Morgan fingerprint density at radius 3 is 2.33 bits per heavy atom. The summed E-state index contributed by atoms with van der Waals surface area (Å²) >= 11 is 0. The lowest BCUT2D eigenvalue weighted by Crippen LogP contribution is -2.56. The minimum absolute atomic E-state index is 0.167. The second-order valence-corrected chi connectivity index (χ2v) is 10.7. The molecule has 0 aromatic heterocycles. The van der Waals surface area contributed by atoms with Crippen molar-refractivity contribution < 1.29 is 15.0 Å². The summed E-state index contributed by atoms with van der Waals surface area (Å²) in [5.41, 5.74) is 5.34. The molecule has 1 fully saturated rings. The molecular formula is C32H42N4O3. The molecule has 39 heavy (non-hydrogen) atoms. The summed E-state index contributed by atoms with van der Waals surface area (Å²) in [4.78, 5) is 15.0. The van der Waals surface area contributed by atoms with Gasteiger partial charge in [-0.3, -0.25) is 9.69 Å². The van der Waals surface area contributed by atoms with Crippen molar-refractivity contribution in [3.05, 3.63) is 72.3 Å². The van der Waals surface area contributed by atoms with Crippen molar-refractivity contribution in [1.29, 1.82) is 5.26 Å². The number of carbonyl (C=O) groups excluding carboxylic acids is 1. The molecule has 3 N–H and O–H groups in total. The lowest BCUT2D eigenvalue weighted by atomic mass is 9.98. The fourth-order valence-corrected chi connectivity index (χ4v) is 5.80. The van der Waals surface area contributed by atoms with Crippen molar-refractivity contribution >= 4 is 17.3 Å². The maximum atomic E-state index is 13.6. The molecule has 7 heteroatoms. The highest BCUT2D eigenvalue weighted by atomic mass is 16.3. The third-order valence-electron chi connectivity index (χ3n) is 7.96. The van der Waals surface area contributed by atoms with Crippen LogP contribution in [0.25, 0.3) is 0 Å². The minimum atomic E-state index is -1.10. The first-order chi connectivity index (χ1) is 19.0. The van der Waals surface area contributed by atoms with Crippen LogP contribution in [0.3, 0.4) is 0 Å². The summed E-state index contributed by atoms with van der Waals surface area (Å²) < 4.78 is 0. The molecule has 5 atom stereocenters. The maximum Gasteiger partial charge on any atom is 0.237 e. The zero-order valence-electron chi connectivity index (χ0n) is 23.0. The molecule has 1 amide bonds. The van der Waals surface area contributed by atoms with E-state index in [1.54, 1.807) is 12.1 Å². The summed E-state index contributed by atoms with van der Waals surface area (Å²) in [7, 11) is 0. The molecule has 7 nitrogen and oxygen atoms in total. The molecule has 208 valence electrons. The van der Waals surface area contributed by atoms with E-state index in [0.717, 1.165) is 18.5 Å². The fraction of sp³-hybridized carbons (Fsp3) is 0.500. The van der Waals surface area contributed by atoms with Crippen molar-refractivity contribution in [1.82, 2.24) is 5.01 Å². The number of amides is 1. The number of benzene rings is 2. The highest BCUT2D eigenvalue weighted by molar-refractivity contribution is 5.99. The van der Waals surface area contributed by atoms with E-state index in [2.05, 4.69) is 18.4 Å². The van der Waals surface area contributed by atoms with Crippen molar-refractivity contribution in [2.24, 2.45) is 5.92 Å². The van der Waals surface area contributed by atoms with E-state index in [9.17, 15) is 20.3 Å². The van der Waals surface area contributed by atoms with Crippen LogP contribution in [0.1, 0.15) is 76.7 Å². The fourth-order valence-electron chi connectivity index (χ4n) is 5.80. The van der Waals surface area contributed by atoms with Gasteiger partial charge in [0.25, 0.3) is 0 Å².